The molecule has 1 heterocycles. The Bertz CT molecular complexity index is 256. The molecule has 1 N–H and O–H groups in total. The smallest absolute Gasteiger partial charge is 0.0108 e. The Morgan fingerprint density at radius 3 is 2.45 bits per heavy atom. The third kappa shape index (κ3) is 4.73. The quantitative estimate of drug-likeness (QED) is 0.793. The van der Waals surface area contributed by atoms with E-state index in [4.69, 9.17) is 0 Å². The molecule has 3 atom stereocenters. The van der Waals surface area contributed by atoms with Gasteiger partial charge in [0.1, 0.15) is 0 Å². The van der Waals surface area contributed by atoms with Gasteiger partial charge in [0.05, 0.1) is 0 Å². The van der Waals surface area contributed by atoms with Crippen molar-refractivity contribution in [1.82, 2.24) is 10.2 Å². The lowest BCUT2D eigenvalue weighted by Gasteiger charge is -2.40. The molecule has 2 fully saturated rings. The molecule has 1 aliphatic carbocycles. The molecule has 0 spiro atoms. The highest BCUT2D eigenvalue weighted by atomic mass is 15.1. The predicted molar refractivity (Wildman–Crippen MR) is 88.0 cm³/mol. The summed E-state index contributed by atoms with van der Waals surface area (Å²) < 4.78 is 0. The van der Waals surface area contributed by atoms with Crippen molar-refractivity contribution in [1.29, 1.82) is 0 Å². The molecule has 1 aliphatic heterocycles. The Hall–Kier alpha value is -0.0800. The number of likely N-dealkylation sites (tertiary alicyclic amines) is 1. The van der Waals surface area contributed by atoms with E-state index < -0.39 is 0 Å². The van der Waals surface area contributed by atoms with Gasteiger partial charge in [-0.3, -0.25) is 0 Å². The summed E-state index contributed by atoms with van der Waals surface area (Å²) in [5.41, 5.74) is 0. The van der Waals surface area contributed by atoms with Gasteiger partial charge in [0.15, 0.2) is 0 Å². The topological polar surface area (TPSA) is 15.3 Å². The van der Waals surface area contributed by atoms with Crippen LogP contribution in [0.25, 0.3) is 0 Å². The van der Waals surface area contributed by atoms with Crippen LogP contribution >= 0.6 is 0 Å². The molecule has 3 unspecified atom stereocenters. The van der Waals surface area contributed by atoms with Crippen molar-refractivity contribution in [2.24, 2.45) is 17.8 Å². The normalized spacial score (nSPS) is 33.5. The molecular formula is C18H36N2. The van der Waals surface area contributed by atoms with Crippen LogP contribution in [0, 0.1) is 17.8 Å². The number of nitrogens with one attached hydrogen (secondary N) is 1. The lowest BCUT2D eigenvalue weighted by atomic mass is 9.78. The highest BCUT2D eigenvalue weighted by Crippen LogP contribution is 2.31. The Kier molecular flexibility index (Phi) is 6.83. The van der Waals surface area contributed by atoms with Crippen molar-refractivity contribution in [3.05, 3.63) is 0 Å². The van der Waals surface area contributed by atoms with Crippen LogP contribution in [0.15, 0.2) is 0 Å². The minimum atomic E-state index is 0.787. The number of rotatable bonds is 6. The highest BCUT2D eigenvalue weighted by Gasteiger charge is 2.30. The van der Waals surface area contributed by atoms with Crippen LogP contribution < -0.4 is 5.32 Å². The van der Waals surface area contributed by atoms with Crippen molar-refractivity contribution < 1.29 is 0 Å². The molecule has 1 saturated carbocycles. The number of hydrogen-bond acceptors (Lipinski definition) is 2. The molecular weight excluding hydrogens is 244 g/mol. The van der Waals surface area contributed by atoms with Gasteiger partial charge in [-0.1, -0.05) is 27.2 Å². The molecule has 1 saturated heterocycles. The predicted octanol–water partition coefficient (Wildman–Crippen LogP) is 3.91. The minimum Gasteiger partial charge on any atom is -0.314 e. The van der Waals surface area contributed by atoms with Crippen LogP contribution in [-0.2, 0) is 0 Å². The second-order valence-electron chi connectivity index (χ2n) is 7.39. The van der Waals surface area contributed by atoms with E-state index in [2.05, 4.69) is 31.0 Å². The summed E-state index contributed by atoms with van der Waals surface area (Å²) in [4.78, 5) is 2.76. The molecule has 0 amide bonds. The van der Waals surface area contributed by atoms with Gasteiger partial charge in [0.2, 0.25) is 0 Å². The van der Waals surface area contributed by atoms with E-state index in [1.54, 1.807) is 0 Å². The molecule has 0 aromatic heterocycles. The summed E-state index contributed by atoms with van der Waals surface area (Å²) in [5.74, 6) is 2.84. The molecule has 0 bridgehead atoms. The van der Waals surface area contributed by atoms with Crippen molar-refractivity contribution >= 4 is 0 Å². The maximum absolute atomic E-state index is 3.82. The van der Waals surface area contributed by atoms with E-state index in [9.17, 15) is 0 Å². The Balaban J connectivity index is 1.81. The Morgan fingerprint density at radius 1 is 1.05 bits per heavy atom. The van der Waals surface area contributed by atoms with E-state index in [0.717, 1.165) is 23.8 Å². The van der Waals surface area contributed by atoms with E-state index in [-0.39, 0.29) is 0 Å². The average molecular weight is 280 g/mol. The van der Waals surface area contributed by atoms with E-state index in [1.807, 2.05) is 0 Å². The highest BCUT2D eigenvalue weighted by molar-refractivity contribution is 4.86. The second kappa shape index (κ2) is 8.38. The fourth-order valence-electron chi connectivity index (χ4n) is 4.21. The number of nitrogens with zero attached hydrogens (tertiary/aromatic N) is 1. The maximum Gasteiger partial charge on any atom is 0.0108 e. The average Bonchev–Trinajstić information content (AvgIpc) is 2.47. The zero-order valence-electron chi connectivity index (χ0n) is 14.0. The van der Waals surface area contributed by atoms with Gasteiger partial charge in [-0.25, -0.2) is 0 Å². The second-order valence-corrected chi connectivity index (χ2v) is 7.39. The molecule has 20 heavy (non-hydrogen) atoms. The van der Waals surface area contributed by atoms with Gasteiger partial charge < -0.3 is 10.2 Å². The van der Waals surface area contributed by atoms with Gasteiger partial charge in [0, 0.05) is 12.6 Å². The van der Waals surface area contributed by atoms with E-state index in [0.29, 0.717) is 0 Å². The standard InChI is InChI=1S/C18H36N2/c1-4-10-19-18-7-6-15(3)13-17(18)14-20-11-8-16(5-2)9-12-20/h15-19H,4-14H2,1-3H3. The molecule has 0 radical (unpaired) electrons. The first kappa shape index (κ1) is 16.3. The first-order valence-electron chi connectivity index (χ1n) is 9.18. The monoisotopic (exact) mass is 280 g/mol. The van der Waals surface area contributed by atoms with Gasteiger partial charge in [-0.15, -0.1) is 0 Å². The van der Waals surface area contributed by atoms with Crippen LogP contribution in [0.1, 0.15) is 65.7 Å². The first-order valence-corrected chi connectivity index (χ1v) is 9.18. The van der Waals surface area contributed by atoms with Crippen LogP contribution in [0.2, 0.25) is 0 Å². The van der Waals surface area contributed by atoms with Gasteiger partial charge in [0.25, 0.3) is 0 Å². The Morgan fingerprint density at radius 2 is 1.80 bits per heavy atom. The minimum absolute atomic E-state index is 0.787. The van der Waals surface area contributed by atoms with Crippen LogP contribution in [0.5, 0.6) is 0 Å². The van der Waals surface area contributed by atoms with Crippen LogP contribution in [-0.4, -0.2) is 37.1 Å². The zero-order valence-corrected chi connectivity index (χ0v) is 14.0. The molecule has 2 aliphatic rings. The molecule has 2 heteroatoms. The SMILES string of the molecule is CCCNC1CCC(C)CC1CN1CCC(CC)CC1. The summed E-state index contributed by atoms with van der Waals surface area (Å²) in [6.07, 6.45) is 9.79. The summed E-state index contributed by atoms with van der Waals surface area (Å²) in [6.45, 7) is 12.3. The van der Waals surface area contributed by atoms with Crippen molar-refractivity contribution in [2.75, 3.05) is 26.2 Å². The summed E-state index contributed by atoms with van der Waals surface area (Å²) >= 11 is 0. The molecule has 0 aromatic carbocycles. The van der Waals surface area contributed by atoms with Crippen molar-refractivity contribution in [2.45, 2.75) is 71.8 Å². The zero-order chi connectivity index (χ0) is 14.4. The molecule has 0 aromatic rings. The number of hydrogen-bond donors (Lipinski definition) is 1. The maximum atomic E-state index is 3.82. The van der Waals surface area contributed by atoms with E-state index >= 15 is 0 Å². The summed E-state index contributed by atoms with van der Waals surface area (Å²) in [5, 5.41) is 3.82. The third-order valence-corrected chi connectivity index (χ3v) is 5.68. The molecule has 2 nitrogen and oxygen atoms in total. The fraction of sp³-hybridized carbons (Fsp3) is 1.00. The number of piperidine rings is 1. The summed E-state index contributed by atoms with van der Waals surface area (Å²) in [6, 6.07) is 0.787. The van der Waals surface area contributed by atoms with Crippen molar-refractivity contribution in [3.63, 3.8) is 0 Å². The molecule has 118 valence electrons. The largest absolute Gasteiger partial charge is 0.314 e. The first-order chi connectivity index (χ1) is 9.72. The lowest BCUT2D eigenvalue weighted by molar-refractivity contribution is 0.113. The van der Waals surface area contributed by atoms with Crippen LogP contribution in [0.4, 0.5) is 0 Å². The molecule has 2 rings (SSSR count). The van der Waals surface area contributed by atoms with Gasteiger partial charge in [-0.05, 0) is 75.9 Å². The van der Waals surface area contributed by atoms with Gasteiger partial charge >= 0.3 is 0 Å². The van der Waals surface area contributed by atoms with Crippen molar-refractivity contribution in [3.8, 4) is 0 Å². The Labute approximate surface area is 126 Å². The van der Waals surface area contributed by atoms with Gasteiger partial charge in [-0.2, -0.15) is 0 Å². The van der Waals surface area contributed by atoms with E-state index in [1.165, 1.54) is 71.1 Å². The lowest BCUT2D eigenvalue weighted by Crippen LogP contribution is -2.47. The van der Waals surface area contributed by atoms with Crippen LogP contribution in [0.3, 0.4) is 0 Å². The fourth-order valence-corrected chi connectivity index (χ4v) is 4.21. The third-order valence-electron chi connectivity index (χ3n) is 5.68. The summed E-state index contributed by atoms with van der Waals surface area (Å²) in [7, 11) is 0.